The first-order valence-electron chi connectivity index (χ1n) is 7.77. The van der Waals surface area contributed by atoms with Crippen LogP contribution in [0.1, 0.15) is 51.5 Å². The summed E-state index contributed by atoms with van der Waals surface area (Å²) in [6, 6.07) is 5.27. The minimum absolute atomic E-state index is 0.278. The molecule has 1 aliphatic heterocycles. The average molecular weight is 311 g/mol. The lowest BCUT2D eigenvalue weighted by molar-refractivity contribution is 0.334. The van der Waals surface area contributed by atoms with Crippen LogP contribution in [0.4, 0.5) is 0 Å². The van der Waals surface area contributed by atoms with E-state index in [9.17, 15) is 8.42 Å². The highest BCUT2D eigenvalue weighted by Gasteiger charge is 2.28. The van der Waals surface area contributed by atoms with Crippen LogP contribution in [0.15, 0.2) is 23.1 Å². The Labute approximate surface area is 128 Å². The van der Waals surface area contributed by atoms with Gasteiger partial charge in [-0.15, -0.1) is 0 Å². The monoisotopic (exact) mass is 311 g/mol. The van der Waals surface area contributed by atoms with E-state index < -0.39 is 10.0 Å². The fraction of sp³-hybridized carbons (Fsp3) is 0.625. The summed E-state index contributed by atoms with van der Waals surface area (Å²) in [6.45, 7) is 7.99. The Balaban J connectivity index is 2.41. The van der Waals surface area contributed by atoms with Crippen molar-refractivity contribution in [3.63, 3.8) is 0 Å². The van der Waals surface area contributed by atoms with Gasteiger partial charge in [0.2, 0.25) is 10.0 Å². The maximum atomic E-state index is 12.7. The van der Waals surface area contributed by atoms with E-state index in [-0.39, 0.29) is 5.92 Å². The fourth-order valence-electron chi connectivity index (χ4n) is 2.66. The normalized spacial score (nSPS) is 17.9. The molecule has 1 aromatic rings. The Bertz CT molecular complexity index is 577. The summed E-state index contributed by atoms with van der Waals surface area (Å²) in [5.74, 6) is 1.08. The Morgan fingerprint density at radius 3 is 2.48 bits per heavy atom. The van der Waals surface area contributed by atoms with E-state index >= 15 is 0 Å². The van der Waals surface area contributed by atoms with Crippen molar-refractivity contribution in [3.8, 4) is 5.75 Å². The number of nitrogens with zero attached hydrogens (tertiary/aromatic N) is 1. The van der Waals surface area contributed by atoms with E-state index in [1.807, 2.05) is 6.92 Å². The lowest BCUT2D eigenvalue weighted by Crippen LogP contribution is -2.28. The van der Waals surface area contributed by atoms with Crippen molar-refractivity contribution in [3.05, 3.63) is 23.8 Å². The van der Waals surface area contributed by atoms with E-state index in [1.54, 1.807) is 22.5 Å². The summed E-state index contributed by atoms with van der Waals surface area (Å²) < 4.78 is 32.5. The molecule has 1 fully saturated rings. The predicted octanol–water partition coefficient (Wildman–Crippen LogP) is 3.38. The van der Waals surface area contributed by atoms with Gasteiger partial charge in [-0.2, -0.15) is 4.31 Å². The van der Waals surface area contributed by atoms with E-state index in [0.29, 0.717) is 24.6 Å². The summed E-state index contributed by atoms with van der Waals surface area (Å²) >= 11 is 0. The molecule has 0 radical (unpaired) electrons. The molecular weight excluding hydrogens is 286 g/mol. The third-order valence-corrected chi connectivity index (χ3v) is 6.02. The Morgan fingerprint density at radius 2 is 1.90 bits per heavy atom. The molecule has 0 spiro atoms. The van der Waals surface area contributed by atoms with Gasteiger partial charge < -0.3 is 4.74 Å². The number of rotatable bonds is 6. The lowest BCUT2D eigenvalue weighted by Gasteiger charge is -2.19. The molecule has 0 aromatic heterocycles. The third-order valence-electron chi connectivity index (χ3n) is 4.13. The molecule has 0 N–H and O–H groups in total. The molecule has 0 aliphatic carbocycles. The minimum atomic E-state index is -3.36. The van der Waals surface area contributed by atoms with Gasteiger partial charge in [-0.1, -0.05) is 13.8 Å². The molecule has 0 bridgehead atoms. The first-order valence-corrected chi connectivity index (χ1v) is 9.21. The quantitative estimate of drug-likeness (QED) is 0.809. The lowest BCUT2D eigenvalue weighted by atomic mass is 9.98. The number of benzene rings is 1. The van der Waals surface area contributed by atoms with Crippen molar-refractivity contribution >= 4 is 10.0 Å². The van der Waals surface area contributed by atoms with Gasteiger partial charge in [0.15, 0.2) is 0 Å². The first kappa shape index (κ1) is 16.3. The molecule has 118 valence electrons. The van der Waals surface area contributed by atoms with Crippen molar-refractivity contribution in [1.82, 2.24) is 4.31 Å². The molecule has 5 heteroatoms. The van der Waals surface area contributed by atoms with Crippen LogP contribution in [-0.4, -0.2) is 32.4 Å². The van der Waals surface area contributed by atoms with Gasteiger partial charge in [0.25, 0.3) is 0 Å². The summed E-state index contributed by atoms with van der Waals surface area (Å²) in [5, 5.41) is 0. The molecular formula is C16H25NO3S. The molecule has 0 unspecified atom stereocenters. The van der Waals surface area contributed by atoms with Crippen LogP contribution in [-0.2, 0) is 10.0 Å². The smallest absolute Gasteiger partial charge is 0.243 e. The van der Waals surface area contributed by atoms with Gasteiger partial charge in [0.1, 0.15) is 5.75 Å². The molecule has 1 aromatic carbocycles. The van der Waals surface area contributed by atoms with Gasteiger partial charge in [0, 0.05) is 13.1 Å². The Kier molecular flexibility index (Phi) is 5.27. The number of hydrogen-bond donors (Lipinski definition) is 0. The second kappa shape index (κ2) is 6.79. The average Bonchev–Trinajstić information content (AvgIpc) is 3.02. The van der Waals surface area contributed by atoms with Gasteiger partial charge >= 0.3 is 0 Å². The van der Waals surface area contributed by atoms with Crippen LogP contribution in [0, 0.1) is 0 Å². The topological polar surface area (TPSA) is 46.6 Å². The highest BCUT2D eigenvalue weighted by Crippen LogP contribution is 2.32. The van der Waals surface area contributed by atoms with Crippen LogP contribution in [0.3, 0.4) is 0 Å². The summed E-state index contributed by atoms with van der Waals surface area (Å²) in [5.41, 5.74) is 0.986. The first-order chi connectivity index (χ1) is 10.0. The summed E-state index contributed by atoms with van der Waals surface area (Å²) in [7, 11) is -3.36. The standard InChI is InChI=1S/C16H25NO3S/c1-4-13(3)15-12-14(8-9-16(15)20-5-2)21(18,19)17-10-6-7-11-17/h8-9,12-13H,4-7,10-11H2,1-3H3/t13-/m0/s1. The van der Waals surface area contributed by atoms with Crippen LogP contribution in [0.5, 0.6) is 5.75 Å². The third kappa shape index (κ3) is 3.40. The minimum Gasteiger partial charge on any atom is -0.494 e. The molecule has 1 saturated heterocycles. The van der Waals surface area contributed by atoms with Crippen molar-refractivity contribution in [1.29, 1.82) is 0 Å². The van der Waals surface area contributed by atoms with Crippen molar-refractivity contribution in [2.75, 3.05) is 19.7 Å². The Hall–Kier alpha value is -1.07. The van der Waals surface area contributed by atoms with Crippen molar-refractivity contribution in [2.45, 2.75) is 50.8 Å². The van der Waals surface area contributed by atoms with E-state index in [2.05, 4.69) is 13.8 Å². The van der Waals surface area contributed by atoms with Gasteiger partial charge in [-0.3, -0.25) is 0 Å². The maximum absolute atomic E-state index is 12.7. The SMILES string of the molecule is CCOc1ccc(S(=O)(=O)N2CCCC2)cc1[C@@H](C)CC. The zero-order chi connectivity index (χ0) is 15.5. The van der Waals surface area contributed by atoms with Crippen LogP contribution in [0.2, 0.25) is 0 Å². The highest BCUT2D eigenvalue weighted by molar-refractivity contribution is 7.89. The molecule has 1 heterocycles. The van der Waals surface area contributed by atoms with Crippen molar-refractivity contribution in [2.24, 2.45) is 0 Å². The zero-order valence-electron chi connectivity index (χ0n) is 13.1. The zero-order valence-corrected chi connectivity index (χ0v) is 13.9. The molecule has 21 heavy (non-hydrogen) atoms. The molecule has 4 nitrogen and oxygen atoms in total. The molecule has 0 saturated carbocycles. The van der Waals surface area contributed by atoms with Crippen LogP contribution in [0.25, 0.3) is 0 Å². The van der Waals surface area contributed by atoms with Crippen molar-refractivity contribution < 1.29 is 13.2 Å². The van der Waals surface area contributed by atoms with E-state index in [1.165, 1.54) is 0 Å². The molecule has 0 amide bonds. The van der Waals surface area contributed by atoms with Gasteiger partial charge in [-0.05, 0) is 55.9 Å². The number of hydrogen-bond acceptors (Lipinski definition) is 3. The number of sulfonamides is 1. The van der Waals surface area contributed by atoms with Crippen LogP contribution < -0.4 is 4.74 Å². The van der Waals surface area contributed by atoms with E-state index in [4.69, 9.17) is 4.74 Å². The summed E-state index contributed by atoms with van der Waals surface area (Å²) in [4.78, 5) is 0.392. The van der Waals surface area contributed by atoms with Gasteiger partial charge in [0.05, 0.1) is 11.5 Å². The van der Waals surface area contributed by atoms with Gasteiger partial charge in [-0.25, -0.2) is 8.42 Å². The Morgan fingerprint density at radius 1 is 1.24 bits per heavy atom. The molecule has 1 aliphatic rings. The maximum Gasteiger partial charge on any atom is 0.243 e. The molecule has 2 rings (SSSR count). The summed E-state index contributed by atoms with van der Waals surface area (Å²) in [6.07, 6.45) is 2.86. The highest BCUT2D eigenvalue weighted by atomic mass is 32.2. The predicted molar refractivity (Wildman–Crippen MR) is 84.3 cm³/mol. The van der Waals surface area contributed by atoms with Crippen LogP contribution >= 0.6 is 0 Å². The largest absolute Gasteiger partial charge is 0.494 e. The second-order valence-electron chi connectivity index (χ2n) is 5.55. The second-order valence-corrected chi connectivity index (χ2v) is 7.49. The number of ether oxygens (including phenoxy) is 1. The molecule has 1 atom stereocenters. The fourth-order valence-corrected chi connectivity index (χ4v) is 4.21. The van der Waals surface area contributed by atoms with E-state index in [0.717, 1.165) is 30.6 Å².